The largest absolute Gasteiger partial charge is 0.473 e. The minimum atomic E-state index is -2.51. The molecular weight excluding hydrogens is 377 g/mol. The second kappa shape index (κ2) is 6.87. The molecule has 2 atom stereocenters. The predicted octanol–water partition coefficient (Wildman–Crippen LogP) is 2.29. The normalized spacial score (nSPS) is 22.3. The number of fused-ring (bicyclic) bond motifs is 1. The lowest BCUT2D eigenvalue weighted by Gasteiger charge is -2.13. The number of anilines is 3. The van der Waals surface area contributed by atoms with Crippen LogP contribution in [0.2, 0.25) is 0 Å². The molecule has 5 rings (SSSR count). The predicted molar refractivity (Wildman–Crippen MR) is 104 cm³/mol. The molecule has 150 valence electrons. The van der Waals surface area contributed by atoms with E-state index in [-0.39, 0.29) is 35.4 Å². The fourth-order valence-corrected chi connectivity index (χ4v) is 2.90. The maximum atomic E-state index is 13.2. The molecule has 0 radical (unpaired) electrons. The lowest BCUT2D eigenvalue weighted by atomic mass is 10.3. The van der Waals surface area contributed by atoms with Crippen LogP contribution in [-0.2, 0) is 0 Å². The summed E-state index contributed by atoms with van der Waals surface area (Å²) in [6.07, 6.45) is 4.13. The summed E-state index contributed by atoms with van der Waals surface area (Å²) in [5.74, 6) is 0.215. The molecule has 9 nitrogen and oxygen atoms in total. The van der Waals surface area contributed by atoms with Crippen molar-refractivity contribution >= 4 is 28.9 Å². The molecule has 0 bridgehead atoms. The van der Waals surface area contributed by atoms with Crippen molar-refractivity contribution in [3.8, 4) is 5.88 Å². The van der Waals surface area contributed by atoms with Crippen molar-refractivity contribution in [1.29, 1.82) is 0 Å². The van der Waals surface area contributed by atoms with E-state index >= 15 is 0 Å². The van der Waals surface area contributed by atoms with Crippen molar-refractivity contribution in [2.24, 2.45) is 0 Å². The number of pyridine rings is 1. The number of nitrogens with zero attached hydrogens (tertiary/aromatic N) is 4. The number of carbonyl (C=O) groups is 1. The highest BCUT2D eigenvalue weighted by atomic mass is 19.1. The summed E-state index contributed by atoms with van der Waals surface area (Å²) in [6, 6.07) is 4.41. The van der Waals surface area contributed by atoms with Gasteiger partial charge < -0.3 is 20.7 Å². The van der Waals surface area contributed by atoms with Crippen LogP contribution in [0.5, 0.6) is 5.88 Å². The lowest BCUT2D eigenvalue weighted by Crippen LogP contribution is -2.27. The minimum absolute atomic E-state index is 0.0971. The summed E-state index contributed by atoms with van der Waals surface area (Å²) in [5, 5.41) is 12.2. The van der Waals surface area contributed by atoms with Gasteiger partial charge in [-0.2, -0.15) is 9.61 Å². The van der Waals surface area contributed by atoms with Crippen molar-refractivity contribution < 1.29 is 18.0 Å². The van der Waals surface area contributed by atoms with Gasteiger partial charge in [-0.25, -0.2) is 14.4 Å². The van der Waals surface area contributed by atoms with Crippen molar-refractivity contribution in [2.75, 3.05) is 17.6 Å². The highest BCUT2D eigenvalue weighted by Gasteiger charge is 2.39. The Kier molecular flexibility index (Phi) is 3.45. The van der Waals surface area contributed by atoms with Crippen LogP contribution in [0.25, 0.3) is 5.65 Å². The Labute approximate surface area is 169 Å². The summed E-state index contributed by atoms with van der Waals surface area (Å²) in [6.45, 7) is -2.51. The van der Waals surface area contributed by atoms with Crippen LogP contribution in [-0.4, -0.2) is 50.8 Å². The molecule has 0 spiro atoms. The molecule has 3 heterocycles. The van der Waals surface area contributed by atoms with Crippen LogP contribution in [0, 0.1) is 0 Å². The summed E-state index contributed by atoms with van der Waals surface area (Å²) in [7, 11) is 0. The molecule has 10 heteroatoms. The van der Waals surface area contributed by atoms with E-state index in [0.29, 0.717) is 11.6 Å². The van der Waals surface area contributed by atoms with E-state index in [9.17, 15) is 9.18 Å². The first-order chi connectivity index (χ1) is 15.3. The van der Waals surface area contributed by atoms with Gasteiger partial charge in [0.1, 0.15) is 35.2 Å². The van der Waals surface area contributed by atoms with Crippen LogP contribution < -0.4 is 20.7 Å². The number of halogens is 1. The summed E-state index contributed by atoms with van der Waals surface area (Å²) >= 11 is 0. The average Bonchev–Trinajstić information content (AvgIpc) is 3.61. The van der Waals surface area contributed by atoms with E-state index < -0.39 is 25.1 Å². The van der Waals surface area contributed by atoms with E-state index in [0.717, 1.165) is 12.8 Å². The average molecular weight is 400 g/mol. The fraction of sp³-hybridized carbons (Fsp3) is 0.368. The van der Waals surface area contributed by atoms with Crippen LogP contribution in [0.15, 0.2) is 30.6 Å². The Morgan fingerprint density at radius 3 is 3.07 bits per heavy atom. The van der Waals surface area contributed by atoms with Crippen LogP contribution in [0.4, 0.5) is 21.7 Å². The zero-order valence-electron chi connectivity index (χ0n) is 18.2. The van der Waals surface area contributed by atoms with E-state index in [2.05, 4.69) is 31.0 Å². The zero-order chi connectivity index (χ0) is 22.5. The number of hydrogen-bond donors (Lipinski definition) is 3. The lowest BCUT2D eigenvalue weighted by molar-refractivity contribution is 0.0949. The first-order valence-corrected chi connectivity index (χ1v) is 9.27. The maximum Gasteiger partial charge on any atom is 0.257 e. The highest BCUT2D eigenvalue weighted by molar-refractivity contribution is 6.00. The molecule has 3 aromatic rings. The van der Waals surface area contributed by atoms with Gasteiger partial charge in [-0.3, -0.25) is 4.79 Å². The van der Waals surface area contributed by atoms with Crippen LogP contribution >= 0.6 is 0 Å². The number of nitrogens with one attached hydrogen (secondary N) is 3. The second-order valence-electron chi connectivity index (χ2n) is 7.08. The van der Waals surface area contributed by atoms with Gasteiger partial charge in [0, 0.05) is 29.8 Å². The van der Waals surface area contributed by atoms with Crippen LogP contribution in [0.3, 0.4) is 0 Å². The summed E-state index contributed by atoms with van der Waals surface area (Å²) < 4.78 is 42.9. The molecule has 2 aliphatic rings. The quantitative estimate of drug-likeness (QED) is 0.559. The molecule has 0 aliphatic heterocycles. The number of alkyl halides is 1. The van der Waals surface area contributed by atoms with Gasteiger partial charge in [0.2, 0.25) is 5.88 Å². The molecule has 1 unspecified atom stereocenters. The molecule has 0 saturated heterocycles. The second-order valence-corrected chi connectivity index (χ2v) is 7.08. The standard InChI is InChI=1S/C19H20FN7O2/c1-21-16-8-15(24-13-3-2-6-22-19(13)29-10-4-5-10)26-17-11(9-23-27(16)17)18(28)25-14-7-12(14)20/h2-3,6,8-10,12,14,21H,4-5,7H2,1H3,(H,24,26)(H,25,28)/t12-,14?/m0/s1/i1D3. The molecule has 0 aromatic carbocycles. The minimum Gasteiger partial charge on any atom is -0.473 e. The first kappa shape index (κ1) is 14.6. The first-order valence-electron chi connectivity index (χ1n) is 10.8. The number of amides is 1. The number of ether oxygens (including phenoxy) is 1. The zero-order valence-corrected chi connectivity index (χ0v) is 15.2. The van der Waals surface area contributed by atoms with Gasteiger partial charge in [-0.15, -0.1) is 0 Å². The van der Waals surface area contributed by atoms with Gasteiger partial charge in [0.05, 0.1) is 12.2 Å². The SMILES string of the molecule is [2H]C([2H])([2H])Nc1cc(Nc2cccnc2OC2CC2)nc2c(C(=O)NC3C[C@@H]3F)cnn12. The van der Waals surface area contributed by atoms with E-state index in [4.69, 9.17) is 8.85 Å². The molecule has 1 amide bonds. The maximum absolute atomic E-state index is 13.2. The Morgan fingerprint density at radius 1 is 1.45 bits per heavy atom. The Bertz CT molecular complexity index is 1180. The number of carbonyl (C=O) groups excluding carboxylic acids is 1. The van der Waals surface area contributed by atoms with Gasteiger partial charge in [-0.1, -0.05) is 0 Å². The molecular formula is C19H20FN7O2. The third-order valence-corrected chi connectivity index (χ3v) is 4.71. The molecule has 2 aliphatic carbocycles. The van der Waals surface area contributed by atoms with Gasteiger partial charge in [-0.05, 0) is 25.0 Å². The topological polar surface area (TPSA) is 105 Å². The van der Waals surface area contributed by atoms with E-state index in [1.807, 2.05) is 0 Å². The fourth-order valence-electron chi connectivity index (χ4n) is 2.90. The molecule has 3 aromatic heterocycles. The number of rotatable bonds is 7. The van der Waals surface area contributed by atoms with Crippen molar-refractivity contribution in [3.05, 3.63) is 36.2 Å². The molecule has 2 fully saturated rings. The smallest absolute Gasteiger partial charge is 0.257 e. The van der Waals surface area contributed by atoms with Crippen LogP contribution in [0.1, 0.15) is 33.7 Å². The number of aromatic nitrogens is 4. The number of hydrogen-bond acceptors (Lipinski definition) is 7. The Hall–Kier alpha value is -3.43. The van der Waals surface area contributed by atoms with Gasteiger partial charge in [0.15, 0.2) is 5.65 Å². The third kappa shape index (κ3) is 3.53. The summed E-state index contributed by atoms with van der Waals surface area (Å²) in [4.78, 5) is 21.3. The van der Waals surface area contributed by atoms with E-state index in [1.54, 1.807) is 18.3 Å². The van der Waals surface area contributed by atoms with Gasteiger partial charge in [0.25, 0.3) is 5.91 Å². The molecule has 29 heavy (non-hydrogen) atoms. The Balaban J connectivity index is 1.52. The summed E-state index contributed by atoms with van der Waals surface area (Å²) in [5.41, 5.74) is 0.755. The van der Waals surface area contributed by atoms with E-state index in [1.165, 1.54) is 16.8 Å². The monoisotopic (exact) mass is 400 g/mol. The molecule has 3 N–H and O–H groups in total. The molecule has 2 saturated carbocycles. The third-order valence-electron chi connectivity index (χ3n) is 4.71. The van der Waals surface area contributed by atoms with Crippen molar-refractivity contribution in [2.45, 2.75) is 37.6 Å². The van der Waals surface area contributed by atoms with Gasteiger partial charge >= 0.3 is 0 Å². The Morgan fingerprint density at radius 2 is 2.31 bits per heavy atom. The van der Waals surface area contributed by atoms with Crippen molar-refractivity contribution in [1.82, 2.24) is 24.9 Å². The van der Waals surface area contributed by atoms with Crippen molar-refractivity contribution in [3.63, 3.8) is 0 Å². The highest BCUT2D eigenvalue weighted by Crippen LogP contribution is 2.32.